The molecule has 1 aliphatic rings. The topological polar surface area (TPSA) is 55.5 Å². The molecule has 1 saturated carbocycles. The van der Waals surface area contributed by atoms with Gasteiger partial charge in [-0.15, -0.1) is 0 Å². The Balaban J connectivity index is 2.00. The number of rotatable bonds is 6. The molecule has 0 radical (unpaired) electrons. The highest BCUT2D eigenvalue weighted by Gasteiger charge is 2.27. The molecule has 1 aliphatic carbocycles. The van der Waals surface area contributed by atoms with Gasteiger partial charge in [0.25, 0.3) is 0 Å². The molecule has 18 heavy (non-hydrogen) atoms. The average Bonchev–Trinajstić information content (AvgIpc) is 3.12. The zero-order valence-corrected chi connectivity index (χ0v) is 11.2. The van der Waals surface area contributed by atoms with Crippen LogP contribution >= 0.6 is 0 Å². The van der Waals surface area contributed by atoms with Crippen LogP contribution in [0.5, 0.6) is 5.75 Å². The Morgan fingerprint density at radius 1 is 1.33 bits per heavy atom. The summed E-state index contributed by atoms with van der Waals surface area (Å²) in [6, 6.07) is 8.00. The third-order valence-corrected chi connectivity index (χ3v) is 3.29. The summed E-state index contributed by atoms with van der Waals surface area (Å²) in [5, 5.41) is 9.94. The number of hydrogen-bond acceptors (Lipinski definition) is 3. The van der Waals surface area contributed by atoms with Gasteiger partial charge >= 0.3 is 0 Å². The zero-order chi connectivity index (χ0) is 13.1. The van der Waals surface area contributed by atoms with Crippen molar-refractivity contribution in [3.8, 4) is 5.75 Å². The highest BCUT2D eigenvalue weighted by Crippen LogP contribution is 2.44. The molecular weight excluding hydrogens is 226 g/mol. The van der Waals surface area contributed by atoms with Crippen molar-refractivity contribution >= 4 is 0 Å². The molecule has 2 atom stereocenters. The fraction of sp³-hybridized carbons (Fsp3) is 0.600. The standard InChI is InChI=1S/C15H23NO2/c1-10(2)9-13(17)15(16)18-14-6-4-3-5-12(14)11-7-8-11/h3-6,10-11,13,15,17H,7-9,16H2,1-2H3. The summed E-state index contributed by atoms with van der Waals surface area (Å²) < 4.78 is 5.74. The number of ether oxygens (including phenoxy) is 1. The van der Waals surface area contributed by atoms with E-state index in [1.165, 1.54) is 18.4 Å². The minimum atomic E-state index is -0.646. The van der Waals surface area contributed by atoms with Crippen LogP contribution in [-0.4, -0.2) is 17.4 Å². The normalized spacial score (nSPS) is 18.7. The van der Waals surface area contributed by atoms with Crippen molar-refractivity contribution in [1.29, 1.82) is 0 Å². The van der Waals surface area contributed by atoms with Crippen molar-refractivity contribution in [2.45, 2.75) is 51.4 Å². The largest absolute Gasteiger partial charge is 0.473 e. The van der Waals surface area contributed by atoms with Crippen LogP contribution in [0, 0.1) is 5.92 Å². The summed E-state index contributed by atoms with van der Waals surface area (Å²) in [7, 11) is 0. The third kappa shape index (κ3) is 3.47. The van der Waals surface area contributed by atoms with E-state index in [0.29, 0.717) is 18.3 Å². The Labute approximate surface area is 109 Å². The van der Waals surface area contributed by atoms with Gasteiger partial charge in [-0.2, -0.15) is 0 Å². The van der Waals surface area contributed by atoms with E-state index in [1.807, 2.05) is 18.2 Å². The molecule has 3 N–H and O–H groups in total. The van der Waals surface area contributed by atoms with E-state index in [1.54, 1.807) is 0 Å². The molecule has 1 aromatic carbocycles. The van der Waals surface area contributed by atoms with Crippen LogP contribution in [-0.2, 0) is 0 Å². The molecule has 0 spiro atoms. The molecule has 1 aromatic rings. The highest BCUT2D eigenvalue weighted by atomic mass is 16.5. The maximum Gasteiger partial charge on any atom is 0.173 e. The van der Waals surface area contributed by atoms with Gasteiger partial charge in [0.05, 0.1) is 0 Å². The summed E-state index contributed by atoms with van der Waals surface area (Å²) in [6.45, 7) is 4.13. The van der Waals surface area contributed by atoms with E-state index in [0.717, 1.165) is 5.75 Å². The lowest BCUT2D eigenvalue weighted by Crippen LogP contribution is -2.40. The smallest absolute Gasteiger partial charge is 0.173 e. The lowest BCUT2D eigenvalue weighted by atomic mass is 10.1. The number of aliphatic hydroxyl groups excluding tert-OH is 1. The minimum absolute atomic E-state index is 0.410. The van der Waals surface area contributed by atoms with Gasteiger partial charge in [-0.1, -0.05) is 32.0 Å². The van der Waals surface area contributed by atoms with E-state index >= 15 is 0 Å². The predicted octanol–water partition coefficient (Wildman–Crippen LogP) is 2.63. The lowest BCUT2D eigenvalue weighted by molar-refractivity contribution is 0.0263. The minimum Gasteiger partial charge on any atom is -0.473 e. The first-order valence-electron chi connectivity index (χ1n) is 6.77. The van der Waals surface area contributed by atoms with Crippen LogP contribution in [0.1, 0.15) is 44.6 Å². The number of benzene rings is 1. The summed E-state index contributed by atoms with van der Waals surface area (Å²) in [6.07, 6.45) is 1.85. The van der Waals surface area contributed by atoms with E-state index < -0.39 is 12.3 Å². The Hall–Kier alpha value is -1.06. The molecule has 0 amide bonds. The first kappa shape index (κ1) is 13.4. The van der Waals surface area contributed by atoms with Gasteiger partial charge in [0, 0.05) is 0 Å². The molecule has 2 unspecified atom stereocenters. The lowest BCUT2D eigenvalue weighted by Gasteiger charge is -2.23. The van der Waals surface area contributed by atoms with Gasteiger partial charge in [0.15, 0.2) is 6.23 Å². The number of nitrogens with two attached hydrogens (primary N) is 1. The fourth-order valence-corrected chi connectivity index (χ4v) is 2.16. The second-order valence-corrected chi connectivity index (χ2v) is 5.59. The van der Waals surface area contributed by atoms with E-state index in [9.17, 15) is 5.11 Å². The molecule has 1 fully saturated rings. The molecule has 0 heterocycles. The van der Waals surface area contributed by atoms with Gasteiger partial charge in [-0.25, -0.2) is 0 Å². The highest BCUT2D eigenvalue weighted by molar-refractivity contribution is 5.38. The Morgan fingerprint density at radius 2 is 2.00 bits per heavy atom. The molecule has 100 valence electrons. The summed E-state index contributed by atoms with van der Waals surface area (Å²) in [5.41, 5.74) is 7.14. The van der Waals surface area contributed by atoms with Crippen molar-refractivity contribution in [2.24, 2.45) is 11.7 Å². The van der Waals surface area contributed by atoms with Crippen LogP contribution in [0.15, 0.2) is 24.3 Å². The summed E-state index contributed by atoms with van der Waals surface area (Å²) >= 11 is 0. The summed E-state index contributed by atoms with van der Waals surface area (Å²) in [5.74, 6) is 1.86. The molecule has 2 rings (SSSR count). The van der Waals surface area contributed by atoms with Crippen LogP contribution < -0.4 is 10.5 Å². The molecule has 3 nitrogen and oxygen atoms in total. The Bertz CT molecular complexity index is 388. The van der Waals surface area contributed by atoms with Gasteiger partial charge in [0.2, 0.25) is 0 Å². The Morgan fingerprint density at radius 3 is 2.61 bits per heavy atom. The maximum atomic E-state index is 9.94. The quantitative estimate of drug-likeness (QED) is 0.762. The SMILES string of the molecule is CC(C)CC(O)C(N)Oc1ccccc1C1CC1. The molecular formula is C15H23NO2. The number of hydrogen-bond donors (Lipinski definition) is 2. The second-order valence-electron chi connectivity index (χ2n) is 5.59. The third-order valence-electron chi connectivity index (χ3n) is 3.29. The second kappa shape index (κ2) is 5.72. The molecule has 0 aliphatic heterocycles. The van der Waals surface area contributed by atoms with Crippen molar-refractivity contribution in [1.82, 2.24) is 0 Å². The van der Waals surface area contributed by atoms with Crippen molar-refractivity contribution < 1.29 is 9.84 Å². The molecule has 0 bridgehead atoms. The average molecular weight is 249 g/mol. The van der Waals surface area contributed by atoms with Gasteiger partial charge in [-0.05, 0) is 42.7 Å². The summed E-state index contributed by atoms with van der Waals surface area (Å²) in [4.78, 5) is 0. The maximum absolute atomic E-state index is 9.94. The van der Waals surface area contributed by atoms with Crippen LogP contribution in [0.2, 0.25) is 0 Å². The molecule has 0 aromatic heterocycles. The van der Waals surface area contributed by atoms with E-state index in [2.05, 4.69) is 19.9 Å². The number of aliphatic hydroxyl groups is 1. The first-order valence-corrected chi connectivity index (χ1v) is 6.77. The number of para-hydroxylation sites is 1. The first-order chi connectivity index (χ1) is 8.58. The van der Waals surface area contributed by atoms with Gasteiger partial charge in [0.1, 0.15) is 11.9 Å². The van der Waals surface area contributed by atoms with Gasteiger partial charge in [-0.3, -0.25) is 5.73 Å². The van der Waals surface area contributed by atoms with Crippen molar-refractivity contribution in [3.63, 3.8) is 0 Å². The predicted molar refractivity (Wildman–Crippen MR) is 72.5 cm³/mol. The van der Waals surface area contributed by atoms with Crippen LogP contribution in [0.25, 0.3) is 0 Å². The van der Waals surface area contributed by atoms with E-state index in [-0.39, 0.29) is 0 Å². The van der Waals surface area contributed by atoms with Crippen LogP contribution in [0.3, 0.4) is 0 Å². The van der Waals surface area contributed by atoms with Crippen LogP contribution in [0.4, 0.5) is 0 Å². The Kier molecular flexibility index (Phi) is 4.25. The van der Waals surface area contributed by atoms with Gasteiger partial charge < -0.3 is 9.84 Å². The van der Waals surface area contributed by atoms with E-state index in [4.69, 9.17) is 10.5 Å². The fourth-order valence-electron chi connectivity index (χ4n) is 2.16. The zero-order valence-electron chi connectivity index (χ0n) is 11.2. The van der Waals surface area contributed by atoms with Crippen molar-refractivity contribution in [2.75, 3.05) is 0 Å². The monoisotopic (exact) mass is 249 g/mol. The molecule has 0 saturated heterocycles. The van der Waals surface area contributed by atoms with Crippen molar-refractivity contribution in [3.05, 3.63) is 29.8 Å². The molecule has 3 heteroatoms.